The molecule has 1 fully saturated rings. The van der Waals surface area contributed by atoms with Gasteiger partial charge in [0, 0.05) is 37.8 Å². The number of rotatable bonds is 4. The van der Waals surface area contributed by atoms with E-state index in [0.29, 0.717) is 18.3 Å². The molecule has 4 rings (SSSR count). The zero-order chi connectivity index (χ0) is 17.9. The second kappa shape index (κ2) is 7.09. The lowest BCUT2D eigenvalue weighted by atomic mass is 10.1. The van der Waals surface area contributed by atoms with Gasteiger partial charge in [-0.1, -0.05) is 35.5 Å². The minimum Gasteiger partial charge on any atom is -0.367 e. The van der Waals surface area contributed by atoms with E-state index in [-0.39, 0.29) is 5.56 Å². The van der Waals surface area contributed by atoms with Crippen LogP contribution in [0.3, 0.4) is 0 Å². The number of hydrogen-bond donors (Lipinski definition) is 1. The van der Waals surface area contributed by atoms with E-state index in [1.165, 1.54) is 0 Å². The van der Waals surface area contributed by atoms with Gasteiger partial charge in [0.05, 0.1) is 12.2 Å². The van der Waals surface area contributed by atoms with Gasteiger partial charge in [-0.15, -0.1) is 0 Å². The molecule has 0 unspecified atom stereocenters. The Kier molecular flexibility index (Phi) is 4.49. The van der Waals surface area contributed by atoms with Crippen molar-refractivity contribution in [3.05, 3.63) is 58.5 Å². The molecule has 0 atom stereocenters. The van der Waals surface area contributed by atoms with Crippen LogP contribution >= 0.6 is 0 Å². The van der Waals surface area contributed by atoms with Crippen molar-refractivity contribution in [1.82, 2.24) is 25.2 Å². The Morgan fingerprint density at radius 3 is 2.62 bits per heavy atom. The van der Waals surface area contributed by atoms with Gasteiger partial charge in [-0.25, -0.2) is 5.10 Å². The first-order valence-corrected chi connectivity index (χ1v) is 8.61. The number of aryl methyl sites for hydroxylation is 1. The van der Waals surface area contributed by atoms with Crippen molar-refractivity contribution in [2.24, 2.45) is 0 Å². The van der Waals surface area contributed by atoms with Gasteiger partial charge in [0.1, 0.15) is 5.69 Å². The second-order valence-corrected chi connectivity index (χ2v) is 6.33. The van der Waals surface area contributed by atoms with Crippen LogP contribution in [0, 0.1) is 6.92 Å². The second-order valence-electron chi connectivity index (χ2n) is 6.33. The fraction of sp³-hybridized carbons (Fsp3) is 0.333. The molecule has 0 aliphatic carbocycles. The van der Waals surface area contributed by atoms with Gasteiger partial charge in [-0.2, -0.15) is 10.1 Å². The van der Waals surface area contributed by atoms with Crippen molar-refractivity contribution in [3.8, 4) is 11.3 Å². The molecule has 1 aromatic carbocycles. The molecule has 2 aromatic heterocycles. The van der Waals surface area contributed by atoms with Crippen molar-refractivity contribution in [3.63, 3.8) is 0 Å². The fourth-order valence-corrected chi connectivity index (χ4v) is 3.19. The molecule has 0 bridgehead atoms. The van der Waals surface area contributed by atoms with E-state index in [1.807, 2.05) is 37.3 Å². The molecule has 3 aromatic rings. The molecule has 26 heavy (non-hydrogen) atoms. The van der Waals surface area contributed by atoms with Crippen LogP contribution in [-0.4, -0.2) is 51.4 Å². The van der Waals surface area contributed by atoms with E-state index in [9.17, 15) is 4.79 Å². The van der Waals surface area contributed by atoms with Gasteiger partial charge in [0.2, 0.25) is 5.89 Å². The number of anilines is 1. The van der Waals surface area contributed by atoms with Gasteiger partial charge in [-0.05, 0) is 6.92 Å². The predicted molar refractivity (Wildman–Crippen MR) is 96.8 cm³/mol. The topological polar surface area (TPSA) is 91.2 Å². The normalized spacial score (nSPS) is 15.3. The standard InChI is InChI=1S/C18H20N6O2/c1-13-19-17(26-22-13)12-23-7-9-24(10-8-23)15-11-16(25)20-21-18(15)14-5-3-2-4-6-14/h2-6,11H,7-10,12H2,1H3,(H,20,25). The summed E-state index contributed by atoms with van der Waals surface area (Å²) in [5.41, 5.74) is 2.46. The maximum Gasteiger partial charge on any atom is 0.266 e. The summed E-state index contributed by atoms with van der Waals surface area (Å²) in [6.07, 6.45) is 0. The third-order valence-corrected chi connectivity index (χ3v) is 4.48. The lowest BCUT2D eigenvalue weighted by Crippen LogP contribution is -2.46. The maximum atomic E-state index is 11.8. The monoisotopic (exact) mass is 352 g/mol. The highest BCUT2D eigenvalue weighted by Gasteiger charge is 2.22. The van der Waals surface area contributed by atoms with Crippen LogP contribution in [0.4, 0.5) is 5.69 Å². The summed E-state index contributed by atoms with van der Waals surface area (Å²) in [5, 5.41) is 10.7. The van der Waals surface area contributed by atoms with Crippen LogP contribution < -0.4 is 10.5 Å². The molecule has 0 amide bonds. The molecule has 1 aliphatic rings. The Morgan fingerprint density at radius 1 is 1.15 bits per heavy atom. The molecular formula is C18H20N6O2. The Hall–Kier alpha value is -3.00. The molecule has 134 valence electrons. The van der Waals surface area contributed by atoms with E-state index in [2.05, 4.69) is 30.1 Å². The zero-order valence-electron chi connectivity index (χ0n) is 14.6. The third-order valence-electron chi connectivity index (χ3n) is 4.48. The molecule has 1 saturated heterocycles. The Labute approximate surface area is 150 Å². The van der Waals surface area contributed by atoms with E-state index in [4.69, 9.17) is 4.52 Å². The van der Waals surface area contributed by atoms with E-state index in [0.717, 1.165) is 43.1 Å². The first-order valence-electron chi connectivity index (χ1n) is 8.61. The number of hydrogen-bond acceptors (Lipinski definition) is 7. The number of aromatic nitrogens is 4. The predicted octanol–water partition coefficient (Wildman–Crippen LogP) is 1.45. The van der Waals surface area contributed by atoms with Crippen molar-refractivity contribution < 1.29 is 4.52 Å². The van der Waals surface area contributed by atoms with Crippen molar-refractivity contribution in [2.75, 3.05) is 31.1 Å². The molecule has 3 heterocycles. The van der Waals surface area contributed by atoms with Crippen LogP contribution in [0.25, 0.3) is 11.3 Å². The van der Waals surface area contributed by atoms with E-state index >= 15 is 0 Å². The highest BCUT2D eigenvalue weighted by Crippen LogP contribution is 2.27. The average molecular weight is 352 g/mol. The number of aromatic amines is 1. The lowest BCUT2D eigenvalue weighted by Gasteiger charge is -2.35. The maximum absolute atomic E-state index is 11.8. The average Bonchev–Trinajstić information content (AvgIpc) is 3.08. The summed E-state index contributed by atoms with van der Waals surface area (Å²) in [5.74, 6) is 1.29. The Morgan fingerprint density at radius 2 is 1.92 bits per heavy atom. The van der Waals surface area contributed by atoms with Crippen molar-refractivity contribution >= 4 is 5.69 Å². The summed E-state index contributed by atoms with van der Waals surface area (Å²) < 4.78 is 5.20. The molecule has 1 N–H and O–H groups in total. The van der Waals surface area contributed by atoms with Crippen molar-refractivity contribution in [2.45, 2.75) is 13.5 Å². The summed E-state index contributed by atoms with van der Waals surface area (Å²) in [4.78, 5) is 20.6. The molecule has 8 nitrogen and oxygen atoms in total. The number of nitrogens with one attached hydrogen (secondary N) is 1. The lowest BCUT2D eigenvalue weighted by molar-refractivity contribution is 0.215. The van der Waals surface area contributed by atoms with Crippen LogP contribution in [0.15, 0.2) is 45.7 Å². The number of benzene rings is 1. The molecule has 0 saturated carbocycles. The van der Waals surface area contributed by atoms with Crippen LogP contribution in [-0.2, 0) is 6.54 Å². The van der Waals surface area contributed by atoms with Crippen LogP contribution in [0.1, 0.15) is 11.7 Å². The quantitative estimate of drug-likeness (QED) is 0.760. The fourth-order valence-electron chi connectivity index (χ4n) is 3.19. The van der Waals surface area contributed by atoms with Gasteiger partial charge >= 0.3 is 0 Å². The van der Waals surface area contributed by atoms with Gasteiger partial charge in [0.25, 0.3) is 5.56 Å². The van der Waals surface area contributed by atoms with E-state index < -0.39 is 0 Å². The third kappa shape index (κ3) is 3.50. The molecule has 1 aliphatic heterocycles. The van der Waals surface area contributed by atoms with Crippen LogP contribution in [0.2, 0.25) is 0 Å². The summed E-state index contributed by atoms with van der Waals surface area (Å²) in [7, 11) is 0. The van der Waals surface area contributed by atoms with Gasteiger partial charge < -0.3 is 9.42 Å². The highest BCUT2D eigenvalue weighted by molar-refractivity contribution is 5.74. The molecule has 8 heteroatoms. The summed E-state index contributed by atoms with van der Waals surface area (Å²) >= 11 is 0. The van der Waals surface area contributed by atoms with Gasteiger partial charge in [0.15, 0.2) is 5.82 Å². The minimum atomic E-state index is -0.191. The largest absolute Gasteiger partial charge is 0.367 e. The number of H-pyrrole nitrogens is 1. The highest BCUT2D eigenvalue weighted by atomic mass is 16.5. The SMILES string of the molecule is Cc1noc(CN2CCN(c3cc(=O)[nH]nc3-c3ccccc3)CC2)n1. The molecule has 0 spiro atoms. The molecule has 0 radical (unpaired) electrons. The summed E-state index contributed by atoms with van der Waals surface area (Å²) in [6.45, 7) is 5.77. The number of nitrogens with zero attached hydrogens (tertiary/aromatic N) is 5. The Bertz CT molecular complexity index is 928. The molecular weight excluding hydrogens is 332 g/mol. The van der Waals surface area contributed by atoms with Crippen molar-refractivity contribution in [1.29, 1.82) is 0 Å². The minimum absolute atomic E-state index is 0.191. The zero-order valence-corrected chi connectivity index (χ0v) is 14.6. The smallest absolute Gasteiger partial charge is 0.266 e. The first-order chi connectivity index (χ1) is 12.7. The Balaban J connectivity index is 1.51. The summed E-state index contributed by atoms with van der Waals surface area (Å²) in [6, 6.07) is 11.5. The van der Waals surface area contributed by atoms with Crippen LogP contribution in [0.5, 0.6) is 0 Å². The first kappa shape index (κ1) is 16.5. The van der Waals surface area contributed by atoms with Gasteiger partial charge in [-0.3, -0.25) is 9.69 Å². The number of piperazine rings is 1. The van der Waals surface area contributed by atoms with E-state index in [1.54, 1.807) is 6.07 Å².